The molecular formula is C11H12F2N2S2. The molecule has 2 rings (SSSR count). The van der Waals surface area contributed by atoms with E-state index < -0.39 is 5.76 Å². The van der Waals surface area contributed by atoms with Crippen molar-refractivity contribution in [3.63, 3.8) is 0 Å². The van der Waals surface area contributed by atoms with Gasteiger partial charge >= 0.3 is 0 Å². The lowest BCUT2D eigenvalue weighted by atomic mass is 10.3. The van der Waals surface area contributed by atoms with Crippen LogP contribution in [-0.2, 0) is 0 Å². The standard InChI is InChI=1S/C11H12F2N2S2/c12-10(13)17-9-5-2-1-4-8(9)15-11-14-6-3-7-16-11/h1-2,4-5,10H,3,6-7H2,(H,14,15). The third-order valence-electron chi connectivity index (χ3n) is 2.14. The Morgan fingerprint density at radius 3 is 2.88 bits per heavy atom. The van der Waals surface area contributed by atoms with Gasteiger partial charge in [-0.25, -0.2) is 0 Å². The van der Waals surface area contributed by atoms with Crippen molar-refractivity contribution in [2.75, 3.05) is 17.6 Å². The molecule has 0 unspecified atom stereocenters. The first kappa shape index (κ1) is 12.7. The van der Waals surface area contributed by atoms with Crippen LogP contribution in [0.5, 0.6) is 0 Å². The van der Waals surface area contributed by atoms with Crippen LogP contribution >= 0.6 is 23.5 Å². The minimum atomic E-state index is -2.40. The molecule has 1 aliphatic rings. The molecule has 0 fully saturated rings. The number of amidine groups is 1. The van der Waals surface area contributed by atoms with Crippen LogP contribution < -0.4 is 5.32 Å². The number of aliphatic imine (C=N–C) groups is 1. The predicted octanol–water partition coefficient (Wildman–Crippen LogP) is 3.91. The zero-order valence-electron chi connectivity index (χ0n) is 9.03. The molecule has 1 aromatic carbocycles. The van der Waals surface area contributed by atoms with Crippen LogP contribution in [0.15, 0.2) is 34.2 Å². The molecule has 0 amide bonds. The van der Waals surface area contributed by atoms with Crippen molar-refractivity contribution in [2.45, 2.75) is 17.1 Å². The number of alkyl halides is 2. The first-order valence-corrected chi connectivity index (χ1v) is 7.10. The molecule has 1 heterocycles. The number of nitrogens with zero attached hydrogens (tertiary/aromatic N) is 1. The number of hydrogen-bond donors (Lipinski definition) is 1. The van der Waals surface area contributed by atoms with E-state index in [1.54, 1.807) is 30.0 Å². The van der Waals surface area contributed by atoms with Crippen molar-refractivity contribution in [2.24, 2.45) is 4.99 Å². The number of hydrogen-bond acceptors (Lipinski definition) is 4. The maximum atomic E-state index is 12.4. The third-order valence-corrected chi connectivity index (χ3v) is 3.93. The van der Waals surface area contributed by atoms with Gasteiger partial charge in [0.2, 0.25) is 0 Å². The summed E-state index contributed by atoms with van der Waals surface area (Å²) in [6, 6.07) is 7.06. The first-order valence-electron chi connectivity index (χ1n) is 5.24. The van der Waals surface area contributed by atoms with Gasteiger partial charge in [-0.1, -0.05) is 35.7 Å². The van der Waals surface area contributed by atoms with E-state index in [0.717, 1.165) is 23.9 Å². The van der Waals surface area contributed by atoms with Crippen molar-refractivity contribution < 1.29 is 8.78 Å². The summed E-state index contributed by atoms with van der Waals surface area (Å²) in [5.41, 5.74) is 0.700. The van der Waals surface area contributed by atoms with Crippen molar-refractivity contribution >= 4 is 34.4 Å². The van der Waals surface area contributed by atoms with Gasteiger partial charge in [-0.2, -0.15) is 8.78 Å². The molecule has 0 atom stereocenters. The zero-order chi connectivity index (χ0) is 12.1. The predicted molar refractivity (Wildman–Crippen MR) is 71.3 cm³/mol. The van der Waals surface area contributed by atoms with Gasteiger partial charge in [0, 0.05) is 17.2 Å². The van der Waals surface area contributed by atoms with Gasteiger partial charge in [-0.15, -0.1) is 0 Å². The normalized spacial score (nSPS) is 15.8. The summed E-state index contributed by atoms with van der Waals surface area (Å²) in [5, 5.41) is 3.93. The van der Waals surface area contributed by atoms with Crippen LogP contribution in [0.3, 0.4) is 0 Å². The van der Waals surface area contributed by atoms with Crippen LogP contribution in [0.2, 0.25) is 0 Å². The number of para-hydroxylation sites is 1. The second-order valence-corrected chi connectivity index (χ2v) is 5.50. The second-order valence-electron chi connectivity index (χ2n) is 3.39. The molecule has 0 saturated heterocycles. The molecule has 1 aliphatic heterocycles. The lowest BCUT2D eigenvalue weighted by molar-refractivity contribution is 0.252. The Kier molecular flexibility index (Phi) is 4.67. The summed E-state index contributed by atoms with van der Waals surface area (Å²) in [6.07, 6.45) is 1.07. The number of halogens is 2. The van der Waals surface area contributed by atoms with E-state index in [2.05, 4.69) is 10.3 Å². The molecule has 1 aromatic rings. The second kappa shape index (κ2) is 6.26. The average molecular weight is 274 g/mol. The van der Waals surface area contributed by atoms with E-state index in [-0.39, 0.29) is 0 Å². The van der Waals surface area contributed by atoms with Gasteiger partial charge in [0.15, 0.2) is 5.17 Å². The lowest BCUT2D eigenvalue weighted by Gasteiger charge is -2.15. The van der Waals surface area contributed by atoms with Crippen LogP contribution in [0.25, 0.3) is 0 Å². The molecule has 0 bridgehead atoms. The average Bonchev–Trinajstić information content (AvgIpc) is 2.32. The van der Waals surface area contributed by atoms with E-state index in [4.69, 9.17) is 0 Å². The molecule has 0 spiro atoms. The minimum Gasteiger partial charge on any atom is -0.334 e. The largest absolute Gasteiger partial charge is 0.334 e. The van der Waals surface area contributed by atoms with E-state index in [1.165, 1.54) is 0 Å². The summed E-state index contributed by atoms with van der Waals surface area (Å²) in [6.45, 7) is 0.805. The molecule has 1 N–H and O–H groups in total. The van der Waals surface area contributed by atoms with E-state index in [9.17, 15) is 8.78 Å². The molecule has 92 valence electrons. The van der Waals surface area contributed by atoms with Crippen LogP contribution in [0.1, 0.15) is 6.42 Å². The Morgan fingerprint density at radius 1 is 1.35 bits per heavy atom. The van der Waals surface area contributed by atoms with Crippen LogP contribution in [-0.4, -0.2) is 23.2 Å². The van der Waals surface area contributed by atoms with Crippen molar-refractivity contribution in [3.8, 4) is 0 Å². The van der Waals surface area contributed by atoms with Crippen molar-refractivity contribution in [3.05, 3.63) is 24.3 Å². The molecular weight excluding hydrogens is 262 g/mol. The molecule has 2 nitrogen and oxygen atoms in total. The molecule has 0 radical (unpaired) electrons. The summed E-state index contributed by atoms with van der Waals surface area (Å²) in [7, 11) is 0. The highest BCUT2D eigenvalue weighted by Gasteiger charge is 2.12. The zero-order valence-corrected chi connectivity index (χ0v) is 10.7. The van der Waals surface area contributed by atoms with Crippen LogP contribution in [0, 0.1) is 0 Å². The van der Waals surface area contributed by atoms with Gasteiger partial charge in [0.05, 0.1) is 5.69 Å². The SMILES string of the molecule is FC(F)Sc1ccccc1NC1=NCCCS1. The van der Waals surface area contributed by atoms with Gasteiger partial charge in [0.25, 0.3) is 5.76 Å². The topological polar surface area (TPSA) is 24.4 Å². The minimum absolute atomic E-state index is 0.552. The fraction of sp³-hybridized carbons (Fsp3) is 0.364. The summed E-state index contributed by atoms with van der Waals surface area (Å²) < 4.78 is 24.8. The fourth-order valence-corrected chi connectivity index (χ4v) is 2.85. The Balaban J connectivity index is 2.11. The van der Waals surface area contributed by atoms with Gasteiger partial charge in [0.1, 0.15) is 0 Å². The number of anilines is 1. The number of benzene rings is 1. The highest BCUT2D eigenvalue weighted by molar-refractivity contribution is 8.14. The fourth-order valence-electron chi connectivity index (χ4n) is 1.42. The number of nitrogens with one attached hydrogen (secondary N) is 1. The Morgan fingerprint density at radius 2 is 2.18 bits per heavy atom. The highest BCUT2D eigenvalue weighted by Crippen LogP contribution is 2.32. The van der Waals surface area contributed by atoms with E-state index >= 15 is 0 Å². The van der Waals surface area contributed by atoms with Crippen molar-refractivity contribution in [1.82, 2.24) is 0 Å². The smallest absolute Gasteiger partial charge is 0.288 e. The maximum Gasteiger partial charge on any atom is 0.288 e. The Bertz CT molecular complexity index is 410. The molecule has 0 saturated carbocycles. The lowest BCUT2D eigenvalue weighted by Crippen LogP contribution is -2.13. The monoisotopic (exact) mass is 274 g/mol. The van der Waals surface area contributed by atoms with E-state index in [0.29, 0.717) is 22.3 Å². The summed E-state index contributed by atoms with van der Waals surface area (Å²) in [5.74, 6) is -1.38. The molecule has 17 heavy (non-hydrogen) atoms. The van der Waals surface area contributed by atoms with Crippen LogP contribution in [0.4, 0.5) is 14.5 Å². The van der Waals surface area contributed by atoms with Gasteiger partial charge in [-0.05, 0) is 18.6 Å². The Labute approximate surface area is 107 Å². The number of thioether (sulfide) groups is 2. The van der Waals surface area contributed by atoms with Gasteiger partial charge < -0.3 is 5.32 Å². The number of rotatable bonds is 3. The maximum absolute atomic E-state index is 12.4. The van der Waals surface area contributed by atoms with E-state index in [1.807, 2.05) is 6.07 Å². The molecule has 0 aliphatic carbocycles. The quantitative estimate of drug-likeness (QED) is 0.846. The van der Waals surface area contributed by atoms with Gasteiger partial charge in [-0.3, -0.25) is 4.99 Å². The first-order chi connectivity index (χ1) is 8.25. The Hall–Kier alpha value is -0.750. The molecule has 0 aromatic heterocycles. The summed E-state index contributed by atoms with van der Waals surface area (Å²) in [4.78, 5) is 4.87. The molecule has 6 heteroatoms. The third kappa shape index (κ3) is 3.89. The summed E-state index contributed by atoms with van der Waals surface area (Å²) >= 11 is 2.18. The highest BCUT2D eigenvalue weighted by atomic mass is 32.2. The van der Waals surface area contributed by atoms with Crippen molar-refractivity contribution in [1.29, 1.82) is 0 Å².